The number of esters is 1. The van der Waals surface area contributed by atoms with Gasteiger partial charge in [-0.1, -0.05) is 61.3 Å². The molecule has 1 heterocycles. The Labute approximate surface area is 266 Å². The number of nitrogens with one attached hydrogen (secondary N) is 3. The van der Waals surface area contributed by atoms with Gasteiger partial charge in [0.1, 0.15) is 23.7 Å². The molecule has 0 bridgehead atoms. The number of ketones is 1. The van der Waals surface area contributed by atoms with Crippen LogP contribution in [0.1, 0.15) is 94.4 Å². The van der Waals surface area contributed by atoms with Crippen LogP contribution >= 0.6 is 0 Å². The highest BCUT2D eigenvalue weighted by Gasteiger charge is 2.70. The van der Waals surface area contributed by atoms with Crippen LogP contribution in [-0.2, 0) is 28.7 Å². The molecule has 45 heavy (non-hydrogen) atoms. The van der Waals surface area contributed by atoms with Crippen molar-refractivity contribution in [3.63, 3.8) is 0 Å². The van der Waals surface area contributed by atoms with Crippen LogP contribution in [0.2, 0.25) is 0 Å². The molecule has 0 aromatic rings. The molecule has 1 saturated heterocycles. The number of urea groups is 1. The molecule has 5 N–H and O–H groups in total. The number of amides is 5. The van der Waals surface area contributed by atoms with Crippen molar-refractivity contribution in [2.24, 2.45) is 46.2 Å². The molecular formula is C33H53N5O7. The van der Waals surface area contributed by atoms with Gasteiger partial charge in [0.2, 0.25) is 17.6 Å². The predicted molar refractivity (Wildman–Crippen MR) is 166 cm³/mol. The van der Waals surface area contributed by atoms with E-state index in [1.54, 1.807) is 0 Å². The van der Waals surface area contributed by atoms with Gasteiger partial charge in [-0.15, -0.1) is 0 Å². The lowest BCUT2D eigenvalue weighted by Crippen LogP contribution is -2.62. The van der Waals surface area contributed by atoms with E-state index in [4.69, 9.17) is 10.5 Å². The summed E-state index contributed by atoms with van der Waals surface area (Å²) in [6.45, 7) is 17.2. The lowest BCUT2D eigenvalue weighted by atomic mass is 9.85. The molecule has 0 spiro atoms. The summed E-state index contributed by atoms with van der Waals surface area (Å²) in [5.74, 6) is -3.22. The van der Waals surface area contributed by atoms with Crippen LogP contribution in [-0.4, -0.2) is 76.7 Å². The highest BCUT2D eigenvalue weighted by Crippen LogP contribution is 2.65. The summed E-state index contributed by atoms with van der Waals surface area (Å²) >= 11 is 0. The Hall–Kier alpha value is -3.18. The van der Waals surface area contributed by atoms with Crippen LogP contribution in [0.5, 0.6) is 0 Å². The maximum absolute atomic E-state index is 14.2. The van der Waals surface area contributed by atoms with Gasteiger partial charge in [0.15, 0.2) is 0 Å². The smallest absolute Gasteiger partial charge is 0.329 e. The van der Waals surface area contributed by atoms with Crippen LogP contribution in [0.4, 0.5) is 4.79 Å². The lowest BCUT2D eigenvalue weighted by Gasteiger charge is -2.38. The summed E-state index contributed by atoms with van der Waals surface area (Å²) in [5.41, 5.74) is 3.71. The number of carbonyl (C=O) groups is 6. The number of likely N-dealkylation sites (tertiary alicyclic amines) is 1. The van der Waals surface area contributed by atoms with E-state index in [0.29, 0.717) is 18.9 Å². The second kappa shape index (κ2) is 12.2. The summed E-state index contributed by atoms with van der Waals surface area (Å²) in [6, 6.07) is -4.57. The van der Waals surface area contributed by atoms with Crippen molar-refractivity contribution in [3.8, 4) is 0 Å². The quantitative estimate of drug-likeness (QED) is 0.178. The van der Waals surface area contributed by atoms with E-state index in [1.165, 1.54) is 4.90 Å². The fraction of sp³-hybridized carbons (Fsp3) is 0.818. The summed E-state index contributed by atoms with van der Waals surface area (Å²) in [7, 11) is 0. The summed E-state index contributed by atoms with van der Waals surface area (Å²) in [4.78, 5) is 80.4. The largest absolute Gasteiger partial charge is 0.458 e. The first kappa shape index (κ1) is 34.7. The topological polar surface area (TPSA) is 177 Å². The number of Topliss-reactive ketones (excluding diaryl/α,β-unsaturated/α-hetero) is 1. The zero-order valence-electron chi connectivity index (χ0n) is 28.3. The maximum atomic E-state index is 14.2. The third-order valence-corrected chi connectivity index (χ3v) is 10.4. The van der Waals surface area contributed by atoms with Gasteiger partial charge < -0.3 is 31.3 Å². The maximum Gasteiger partial charge on any atom is 0.329 e. The zero-order valence-corrected chi connectivity index (χ0v) is 28.3. The van der Waals surface area contributed by atoms with Crippen LogP contribution in [0.25, 0.3) is 0 Å². The predicted octanol–water partition coefficient (Wildman–Crippen LogP) is 2.28. The molecule has 4 fully saturated rings. The molecule has 12 heteroatoms. The van der Waals surface area contributed by atoms with Gasteiger partial charge >= 0.3 is 12.0 Å². The van der Waals surface area contributed by atoms with Crippen LogP contribution in [0.3, 0.4) is 0 Å². The van der Waals surface area contributed by atoms with E-state index in [9.17, 15) is 28.8 Å². The number of carbonyl (C=O) groups excluding carboxylic acids is 6. The Bertz CT molecular complexity index is 1230. The molecule has 3 aliphatic carbocycles. The van der Waals surface area contributed by atoms with Gasteiger partial charge in [0.05, 0.1) is 6.04 Å². The van der Waals surface area contributed by atoms with Gasteiger partial charge in [0.25, 0.3) is 5.91 Å². The monoisotopic (exact) mass is 631 g/mol. The number of piperidine rings is 1. The standard InChI is InChI=1S/C33H53N5O7/c1-16(2)22(29(43)45-33(8,9)18-12-13-18)36-30(44)37-25(31(3,4)5)28(42)38-15-19-21(32(19,6)7)23(38)27(41)35-20(14-17-10-11-17)24(39)26(34)40/h16-23,25H,10-15H2,1-9H3,(H2,34,40)(H,35,41)(H2,36,37,44)/t19-,20?,21-,22-,23?,25+/m0/s1. The lowest BCUT2D eigenvalue weighted by molar-refractivity contribution is -0.162. The minimum atomic E-state index is -1.10. The third-order valence-electron chi connectivity index (χ3n) is 10.4. The van der Waals surface area contributed by atoms with E-state index in [-0.39, 0.29) is 29.1 Å². The molecule has 0 radical (unpaired) electrons. The van der Waals surface area contributed by atoms with Crippen molar-refractivity contribution in [3.05, 3.63) is 0 Å². The normalized spacial score (nSPS) is 25.8. The third kappa shape index (κ3) is 7.62. The zero-order chi connectivity index (χ0) is 33.8. The number of rotatable bonds is 13. The number of fused-ring (bicyclic) bond motifs is 1. The van der Waals surface area contributed by atoms with Gasteiger partial charge in [-0.2, -0.15) is 0 Å². The number of nitrogens with zero attached hydrogens (tertiary/aromatic N) is 1. The van der Waals surface area contributed by atoms with Gasteiger partial charge in [-0.05, 0) is 73.5 Å². The molecule has 12 nitrogen and oxygen atoms in total. The van der Waals surface area contributed by atoms with Crippen molar-refractivity contribution in [2.75, 3.05) is 6.54 Å². The molecule has 6 atom stereocenters. The first-order valence-electron chi connectivity index (χ1n) is 16.4. The number of hydrogen-bond donors (Lipinski definition) is 4. The second-order valence-corrected chi connectivity index (χ2v) is 16.3. The van der Waals surface area contributed by atoms with Crippen LogP contribution in [0, 0.1) is 40.4 Å². The fourth-order valence-electron chi connectivity index (χ4n) is 6.97. The minimum absolute atomic E-state index is 0.0651. The van der Waals surface area contributed by atoms with Crippen molar-refractivity contribution >= 4 is 35.5 Å². The van der Waals surface area contributed by atoms with Gasteiger partial charge in [-0.25, -0.2) is 9.59 Å². The SMILES string of the molecule is CC(C)[C@H](NC(=O)N[C@H](C(=O)N1C[C@H]2[C@@H](C1C(=O)NC(CC1CC1)C(=O)C(N)=O)C2(C)C)C(C)(C)C)C(=O)OC(C)(C)C1CC1. The minimum Gasteiger partial charge on any atom is -0.458 e. The summed E-state index contributed by atoms with van der Waals surface area (Å²) in [6.07, 6.45) is 4.15. The van der Waals surface area contributed by atoms with Crippen molar-refractivity contribution in [2.45, 2.75) is 124 Å². The van der Waals surface area contributed by atoms with E-state index in [2.05, 4.69) is 16.0 Å². The van der Waals surface area contributed by atoms with Crippen molar-refractivity contribution < 1.29 is 33.5 Å². The Kier molecular flexibility index (Phi) is 9.41. The highest BCUT2D eigenvalue weighted by molar-refractivity contribution is 6.37. The fourth-order valence-corrected chi connectivity index (χ4v) is 6.97. The average molecular weight is 632 g/mol. The molecule has 252 valence electrons. The number of nitrogens with two attached hydrogens (primary N) is 1. The van der Waals surface area contributed by atoms with Crippen molar-refractivity contribution in [1.29, 1.82) is 0 Å². The molecule has 5 amide bonds. The molecule has 4 rings (SSSR count). The Morgan fingerprint density at radius 1 is 0.933 bits per heavy atom. The molecule has 0 aromatic heterocycles. The van der Waals surface area contributed by atoms with Gasteiger partial charge in [0, 0.05) is 6.54 Å². The van der Waals surface area contributed by atoms with E-state index >= 15 is 0 Å². The Balaban J connectivity index is 1.50. The first-order chi connectivity index (χ1) is 20.7. The van der Waals surface area contributed by atoms with Gasteiger partial charge in [-0.3, -0.25) is 19.2 Å². The second-order valence-electron chi connectivity index (χ2n) is 16.3. The van der Waals surface area contributed by atoms with E-state index in [1.807, 2.05) is 62.3 Å². The molecule has 1 aliphatic heterocycles. The Morgan fingerprint density at radius 2 is 1.53 bits per heavy atom. The summed E-state index contributed by atoms with van der Waals surface area (Å²) < 4.78 is 5.80. The summed E-state index contributed by atoms with van der Waals surface area (Å²) in [5, 5.41) is 8.28. The number of ether oxygens (including phenoxy) is 1. The molecule has 0 aromatic carbocycles. The Morgan fingerprint density at radius 3 is 2.02 bits per heavy atom. The van der Waals surface area contributed by atoms with E-state index in [0.717, 1.165) is 25.7 Å². The van der Waals surface area contributed by atoms with Crippen LogP contribution < -0.4 is 21.7 Å². The molecule has 3 saturated carbocycles. The van der Waals surface area contributed by atoms with Crippen molar-refractivity contribution in [1.82, 2.24) is 20.9 Å². The first-order valence-corrected chi connectivity index (χ1v) is 16.4. The average Bonchev–Trinajstić information content (AvgIpc) is 3.85. The molecule has 2 unspecified atom stereocenters. The number of hydrogen-bond acceptors (Lipinski definition) is 7. The van der Waals surface area contributed by atoms with Crippen LogP contribution in [0.15, 0.2) is 0 Å². The highest BCUT2D eigenvalue weighted by atomic mass is 16.6. The molecular weight excluding hydrogens is 578 g/mol. The van der Waals surface area contributed by atoms with E-state index < -0.39 is 70.7 Å². The number of primary amides is 1. The molecule has 4 aliphatic rings.